The molecule has 1 aromatic carbocycles. The van der Waals surface area contributed by atoms with Crippen LogP contribution in [0, 0.1) is 19.7 Å². The van der Waals surface area contributed by atoms with Gasteiger partial charge in [0.1, 0.15) is 5.82 Å². The minimum Gasteiger partial charge on any atom is -0.355 e. The maximum Gasteiger partial charge on any atom is 0.254 e. The van der Waals surface area contributed by atoms with Crippen LogP contribution in [0.2, 0.25) is 0 Å². The number of hydrogen-bond donors (Lipinski definition) is 2. The van der Waals surface area contributed by atoms with Gasteiger partial charge in [-0.05, 0) is 38.5 Å². The Hall–Kier alpha value is -2.70. The van der Waals surface area contributed by atoms with Crippen LogP contribution in [-0.4, -0.2) is 34.7 Å². The van der Waals surface area contributed by atoms with Gasteiger partial charge in [-0.1, -0.05) is 12.1 Å². The monoisotopic (exact) mass is 332 g/mol. The number of carbonyl (C=O) groups is 2. The molecule has 0 unspecified atom stereocenters. The van der Waals surface area contributed by atoms with Crippen LogP contribution in [0.4, 0.5) is 4.39 Å². The van der Waals surface area contributed by atoms with E-state index in [-0.39, 0.29) is 18.0 Å². The van der Waals surface area contributed by atoms with E-state index in [1.54, 1.807) is 6.07 Å². The SMILES string of the molecule is Cc1cc(C)n(CCCNC(=O)CNC(=O)c2ccccc2F)n1. The average molecular weight is 332 g/mol. The molecule has 2 aromatic rings. The molecular weight excluding hydrogens is 311 g/mol. The highest BCUT2D eigenvalue weighted by molar-refractivity contribution is 5.96. The molecular formula is C17H21FN4O2. The number of hydrogen-bond acceptors (Lipinski definition) is 3. The van der Waals surface area contributed by atoms with Crippen molar-refractivity contribution < 1.29 is 14.0 Å². The zero-order valence-corrected chi connectivity index (χ0v) is 13.8. The highest BCUT2D eigenvalue weighted by atomic mass is 19.1. The molecule has 0 fully saturated rings. The fraction of sp³-hybridized carbons (Fsp3) is 0.353. The number of carbonyl (C=O) groups excluding carboxylic acids is 2. The van der Waals surface area contributed by atoms with E-state index in [0.717, 1.165) is 17.8 Å². The third kappa shape index (κ3) is 4.91. The van der Waals surface area contributed by atoms with Crippen LogP contribution >= 0.6 is 0 Å². The summed E-state index contributed by atoms with van der Waals surface area (Å²) in [6, 6.07) is 7.64. The maximum atomic E-state index is 13.4. The Morgan fingerprint density at radius 1 is 1.21 bits per heavy atom. The van der Waals surface area contributed by atoms with Crippen LogP contribution in [0.15, 0.2) is 30.3 Å². The van der Waals surface area contributed by atoms with Gasteiger partial charge >= 0.3 is 0 Å². The van der Waals surface area contributed by atoms with Gasteiger partial charge in [-0.25, -0.2) is 4.39 Å². The van der Waals surface area contributed by atoms with Gasteiger partial charge in [0.25, 0.3) is 5.91 Å². The molecule has 24 heavy (non-hydrogen) atoms. The molecule has 1 heterocycles. The number of benzene rings is 1. The van der Waals surface area contributed by atoms with Crippen molar-refractivity contribution in [1.29, 1.82) is 0 Å². The van der Waals surface area contributed by atoms with Crippen LogP contribution in [-0.2, 0) is 11.3 Å². The zero-order valence-electron chi connectivity index (χ0n) is 13.8. The first-order chi connectivity index (χ1) is 11.5. The third-order valence-corrected chi connectivity index (χ3v) is 3.50. The Morgan fingerprint density at radius 2 is 1.96 bits per heavy atom. The normalized spacial score (nSPS) is 10.5. The molecule has 0 aliphatic heterocycles. The lowest BCUT2D eigenvalue weighted by atomic mass is 10.2. The summed E-state index contributed by atoms with van der Waals surface area (Å²) in [5.74, 6) is -1.53. The summed E-state index contributed by atoms with van der Waals surface area (Å²) in [4.78, 5) is 23.5. The maximum absolute atomic E-state index is 13.4. The molecule has 6 nitrogen and oxygen atoms in total. The van der Waals surface area contributed by atoms with Gasteiger partial charge in [-0.2, -0.15) is 5.10 Å². The summed E-state index contributed by atoms with van der Waals surface area (Å²) < 4.78 is 15.3. The molecule has 2 N–H and O–H groups in total. The van der Waals surface area contributed by atoms with Crippen molar-refractivity contribution in [3.8, 4) is 0 Å². The lowest BCUT2D eigenvalue weighted by molar-refractivity contribution is -0.120. The summed E-state index contributed by atoms with van der Waals surface area (Å²) >= 11 is 0. The number of rotatable bonds is 7. The Bertz CT molecular complexity index is 727. The Morgan fingerprint density at radius 3 is 2.62 bits per heavy atom. The van der Waals surface area contributed by atoms with Crippen LogP contribution in [0.3, 0.4) is 0 Å². The lowest BCUT2D eigenvalue weighted by Gasteiger charge is -2.08. The van der Waals surface area contributed by atoms with Crippen molar-refractivity contribution in [3.05, 3.63) is 53.1 Å². The van der Waals surface area contributed by atoms with Crippen LogP contribution < -0.4 is 10.6 Å². The molecule has 0 saturated heterocycles. The summed E-state index contributed by atoms with van der Waals surface area (Å²) in [6.07, 6.45) is 0.731. The summed E-state index contributed by atoms with van der Waals surface area (Å²) in [5, 5.41) is 9.45. The van der Waals surface area contributed by atoms with Crippen molar-refractivity contribution in [2.45, 2.75) is 26.8 Å². The average Bonchev–Trinajstić information content (AvgIpc) is 2.87. The van der Waals surface area contributed by atoms with Crippen LogP contribution in [0.5, 0.6) is 0 Å². The van der Waals surface area contributed by atoms with E-state index >= 15 is 0 Å². The van der Waals surface area contributed by atoms with E-state index < -0.39 is 11.7 Å². The molecule has 0 saturated carbocycles. The molecule has 1 aromatic heterocycles. The molecule has 0 aliphatic carbocycles. The lowest BCUT2D eigenvalue weighted by Crippen LogP contribution is -2.37. The topological polar surface area (TPSA) is 76.0 Å². The number of aromatic nitrogens is 2. The largest absolute Gasteiger partial charge is 0.355 e. The highest BCUT2D eigenvalue weighted by Gasteiger charge is 2.11. The number of nitrogens with one attached hydrogen (secondary N) is 2. The second-order valence-corrected chi connectivity index (χ2v) is 5.52. The predicted octanol–water partition coefficient (Wildman–Crippen LogP) is 1.58. The Balaban J connectivity index is 1.67. The Labute approximate surface area is 140 Å². The molecule has 7 heteroatoms. The molecule has 0 radical (unpaired) electrons. The van der Waals surface area contributed by atoms with Crippen molar-refractivity contribution >= 4 is 11.8 Å². The number of amides is 2. The summed E-state index contributed by atoms with van der Waals surface area (Å²) in [5.41, 5.74) is 1.97. The van der Waals surface area contributed by atoms with Gasteiger partial charge in [-0.15, -0.1) is 0 Å². The minimum atomic E-state index is -0.611. The molecule has 0 aliphatic rings. The quantitative estimate of drug-likeness (QED) is 0.756. The fourth-order valence-corrected chi connectivity index (χ4v) is 2.32. The van der Waals surface area contributed by atoms with Crippen molar-refractivity contribution in [2.24, 2.45) is 0 Å². The fourth-order valence-electron chi connectivity index (χ4n) is 2.32. The van der Waals surface area contributed by atoms with E-state index in [1.165, 1.54) is 18.2 Å². The smallest absolute Gasteiger partial charge is 0.254 e. The molecule has 128 valence electrons. The standard InChI is InChI=1S/C17H21FN4O2/c1-12-10-13(2)22(21-12)9-5-8-19-16(23)11-20-17(24)14-6-3-4-7-15(14)18/h3-4,6-7,10H,5,8-9,11H2,1-2H3,(H,19,23)(H,20,24). The first-order valence-electron chi connectivity index (χ1n) is 7.78. The van der Waals surface area contributed by atoms with Crippen LogP contribution in [0.25, 0.3) is 0 Å². The molecule has 0 bridgehead atoms. The van der Waals surface area contributed by atoms with Crippen molar-refractivity contribution in [3.63, 3.8) is 0 Å². The van der Waals surface area contributed by atoms with E-state index in [0.29, 0.717) is 13.1 Å². The molecule has 2 amide bonds. The van der Waals surface area contributed by atoms with Gasteiger partial charge in [0, 0.05) is 18.8 Å². The Kier molecular flexibility index (Phi) is 6.06. The first-order valence-corrected chi connectivity index (χ1v) is 7.78. The first kappa shape index (κ1) is 17.7. The van der Waals surface area contributed by atoms with Crippen LogP contribution in [0.1, 0.15) is 28.2 Å². The van der Waals surface area contributed by atoms with Gasteiger partial charge < -0.3 is 10.6 Å². The third-order valence-electron chi connectivity index (χ3n) is 3.50. The van der Waals surface area contributed by atoms with Gasteiger partial charge in [0.15, 0.2) is 0 Å². The summed E-state index contributed by atoms with van der Waals surface area (Å²) in [7, 11) is 0. The second kappa shape index (κ2) is 8.24. The van der Waals surface area contributed by atoms with Crippen molar-refractivity contribution in [2.75, 3.05) is 13.1 Å². The second-order valence-electron chi connectivity index (χ2n) is 5.52. The molecule has 2 rings (SSSR count). The predicted molar refractivity (Wildman–Crippen MR) is 88.1 cm³/mol. The summed E-state index contributed by atoms with van der Waals surface area (Å²) in [6.45, 7) is 4.92. The van der Waals surface area contributed by atoms with Gasteiger partial charge in [0.05, 0.1) is 17.8 Å². The van der Waals surface area contributed by atoms with Crippen molar-refractivity contribution in [1.82, 2.24) is 20.4 Å². The van der Waals surface area contributed by atoms with E-state index in [4.69, 9.17) is 0 Å². The number of aryl methyl sites for hydroxylation is 3. The van der Waals surface area contributed by atoms with Gasteiger partial charge in [0.2, 0.25) is 5.91 Å². The number of nitrogens with zero attached hydrogens (tertiary/aromatic N) is 2. The zero-order chi connectivity index (χ0) is 17.5. The van der Waals surface area contributed by atoms with E-state index in [9.17, 15) is 14.0 Å². The number of halogens is 1. The minimum absolute atomic E-state index is 0.0742. The molecule has 0 atom stereocenters. The molecule has 0 spiro atoms. The van der Waals surface area contributed by atoms with E-state index in [1.807, 2.05) is 24.6 Å². The highest BCUT2D eigenvalue weighted by Crippen LogP contribution is 2.05. The van der Waals surface area contributed by atoms with E-state index in [2.05, 4.69) is 15.7 Å². The van der Waals surface area contributed by atoms with Gasteiger partial charge in [-0.3, -0.25) is 14.3 Å².